The van der Waals surface area contributed by atoms with E-state index < -0.39 is 0 Å². The molecule has 0 aliphatic rings. The van der Waals surface area contributed by atoms with Crippen molar-refractivity contribution in [2.45, 2.75) is 13.8 Å². The molecule has 19 heavy (non-hydrogen) atoms. The highest BCUT2D eigenvalue weighted by atomic mass is 79.9. The molecule has 0 radical (unpaired) electrons. The first-order valence-electron chi connectivity index (χ1n) is 6.26. The first-order valence-corrected chi connectivity index (χ1v) is 7.06. The van der Waals surface area contributed by atoms with Crippen LogP contribution in [0.15, 0.2) is 53.0 Å². The molecule has 2 aromatic carbocycles. The van der Waals surface area contributed by atoms with Crippen LogP contribution in [-0.2, 0) is 0 Å². The molecule has 3 heteroatoms. The molecule has 0 aliphatic heterocycles. The predicted octanol–water partition coefficient (Wildman–Crippen LogP) is 4.81. The summed E-state index contributed by atoms with van der Waals surface area (Å²) >= 11 is 3.56. The van der Waals surface area contributed by atoms with E-state index in [4.69, 9.17) is 0 Å². The molecule has 2 rings (SSSR count). The third-order valence-corrected chi connectivity index (χ3v) is 3.66. The summed E-state index contributed by atoms with van der Waals surface area (Å²) in [6.45, 7) is 4.55. The van der Waals surface area contributed by atoms with Crippen LogP contribution in [0, 0.1) is 0 Å². The maximum Gasteiger partial charge on any atom is 0.159 e. The lowest BCUT2D eigenvalue weighted by molar-refractivity contribution is 0.101. The first kappa shape index (κ1) is 13.8. The Hall–Kier alpha value is -1.61. The number of hydrogen-bond acceptors (Lipinski definition) is 2. The van der Waals surface area contributed by atoms with Crippen molar-refractivity contribution in [3.8, 4) is 0 Å². The lowest BCUT2D eigenvalue weighted by Gasteiger charge is -2.24. The smallest absolute Gasteiger partial charge is 0.159 e. The van der Waals surface area contributed by atoms with Crippen molar-refractivity contribution in [1.82, 2.24) is 0 Å². The van der Waals surface area contributed by atoms with Gasteiger partial charge in [-0.1, -0.05) is 18.2 Å². The molecule has 98 valence electrons. The van der Waals surface area contributed by atoms with Gasteiger partial charge in [-0.2, -0.15) is 0 Å². The molecule has 0 amide bonds. The lowest BCUT2D eigenvalue weighted by atomic mass is 10.1. The van der Waals surface area contributed by atoms with Crippen molar-refractivity contribution in [2.24, 2.45) is 0 Å². The Morgan fingerprint density at radius 2 is 1.84 bits per heavy atom. The number of carbonyl (C=O) groups is 1. The summed E-state index contributed by atoms with van der Waals surface area (Å²) < 4.78 is 0.936. The molecule has 2 aromatic rings. The van der Waals surface area contributed by atoms with Crippen molar-refractivity contribution in [3.63, 3.8) is 0 Å². The van der Waals surface area contributed by atoms with E-state index in [1.165, 1.54) is 0 Å². The summed E-state index contributed by atoms with van der Waals surface area (Å²) in [6.07, 6.45) is 0. The number of anilines is 2. The molecule has 0 fully saturated rings. The number of para-hydroxylation sites is 1. The van der Waals surface area contributed by atoms with E-state index in [-0.39, 0.29) is 5.78 Å². The van der Waals surface area contributed by atoms with E-state index in [9.17, 15) is 4.79 Å². The number of carbonyl (C=O) groups excluding carboxylic acids is 1. The standard InChI is InChI=1S/C16H16BrNO/c1-3-18(14-7-5-4-6-8-14)16-10-9-13(12(2)19)11-15(16)17/h4-11H,3H2,1-2H3. The molecule has 0 aliphatic carbocycles. The highest BCUT2D eigenvalue weighted by molar-refractivity contribution is 9.10. The molecule has 0 spiro atoms. The van der Waals surface area contributed by atoms with Gasteiger partial charge in [0.1, 0.15) is 0 Å². The number of hydrogen-bond donors (Lipinski definition) is 0. The maximum absolute atomic E-state index is 11.4. The fourth-order valence-corrected chi connectivity index (χ4v) is 2.64. The van der Waals surface area contributed by atoms with E-state index in [1.807, 2.05) is 36.4 Å². The SMILES string of the molecule is CCN(c1ccccc1)c1ccc(C(C)=O)cc1Br. The van der Waals surface area contributed by atoms with Crippen LogP contribution in [0.3, 0.4) is 0 Å². The van der Waals surface area contributed by atoms with E-state index in [0.717, 1.165) is 28.0 Å². The summed E-state index contributed by atoms with van der Waals surface area (Å²) in [5, 5.41) is 0. The van der Waals surface area contributed by atoms with Crippen LogP contribution in [0.25, 0.3) is 0 Å². The molecule has 0 aromatic heterocycles. The number of Topliss-reactive ketones (excluding diaryl/α,β-unsaturated/α-hetero) is 1. The van der Waals surface area contributed by atoms with E-state index >= 15 is 0 Å². The quantitative estimate of drug-likeness (QED) is 0.754. The molecular weight excluding hydrogens is 302 g/mol. The van der Waals surface area contributed by atoms with Crippen LogP contribution in [0.1, 0.15) is 24.2 Å². The monoisotopic (exact) mass is 317 g/mol. The van der Waals surface area contributed by atoms with Gasteiger partial charge in [0.25, 0.3) is 0 Å². The minimum absolute atomic E-state index is 0.0787. The van der Waals surface area contributed by atoms with Gasteiger partial charge in [-0.3, -0.25) is 4.79 Å². The Bertz CT molecular complexity index is 581. The Kier molecular flexibility index (Phi) is 4.38. The molecule has 0 bridgehead atoms. The fourth-order valence-electron chi connectivity index (χ4n) is 2.04. The van der Waals surface area contributed by atoms with Crippen LogP contribution in [-0.4, -0.2) is 12.3 Å². The van der Waals surface area contributed by atoms with Gasteiger partial charge in [-0.25, -0.2) is 0 Å². The zero-order chi connectivity index (χ0) is 13.8. The van der Waals surface area contributed by atoms with E-state index in [0.29, 0.717) is 0 Å². The predicted molar refractivity (Wildman–Crippen MR) is 83.3 cm³/mol. The van der Waals surface area contributed by atoms with Crippen molar-refractivity contribution in [2.75, 3.05) is 11.4 Å². The number of ketones is 1. The van der Waals surface area contributed by atoms with Gasteiger partial charge in [0.05, 0.1) is 5.69 Å². The fraction of sp³-hybridized carbons (Fsp3) is 0.188. The molecular formula is C16H16BrNO. The average molecular weight is 318 g/mol. The van der Waals surface area contributed by atoms with Crippen LogP contribution in [0.5, 0.6) is 0 Å². The summed E-state index contributed by atoms with van der Waals surface area (Å²) in [6, 6.07) is 15.9. The largest absolute Gasteiger partial charge is 0.341 e. The average Bonchev–Trinajstić information content (AvgIpc) is 2.42. The second-order valence-electron chi connectivity index (χ2n) is 4.30. The van der Waals surface area contributed by atoms with E-state index in [2.05, 4.69) is 39.9 Å². The molecule has 0 N–H and O–H groups in total. The van der Waals surface area contributed by atoms with Gasteiger partial charge in [0.2, 0.25) is 0 Å². The minimum atomic E-state index is 0.0787. The third kappa shape index (κ3) is 3.04. The van der Waals surface area contributed by atoms with Gasteiger partial charge < -0.3 is 4.90 Å². The Morgan fingerprint density at radius 3 is 2.37 bits per heavy atom. The highest BCUT2D eigenvalue weighted by Gasteiger charge is 2.11. The number of benzene rings is 2. The molecule has 2 nitrogen and oxygen atoms in total. The van der Waals surface area contributed by atoms with Crippen molar-refractivity contribution in [3.05, 3.63) is 58.6 Å². The van der Waals surface area contributed by atoms with E-state index in [1.54, 1.807) is 6.92 Å². The number of halogens is 1. The zero-order valence-corrected chi connectivity index (χ0v) is 12.6. The van der Waals surface area contributed by atoms with Crippen LogP contribution in [0.4, 0.5) is 11.4 Å². The highest BCUT2D eigenvalue weighted by Crippen LogP contribution is 2.32. The van der Waals surface area contributed by atoms with Crippen molar-refractivity contribution >= 4 is 33.1 Å². The topological polar surface area (TPSA) is 20.3 Å². The summed E-state index contributed by atoms with van der Waals surface area (Å²) in [5.41, 5.74) is 2.93. The molecule has 0 heterocycles. The Balaban J connectivity index is 2.42. The van der Waals surface area contributed by atoms with Gasteiger partial charge >= 0.3 is 0 Å². The van der Waals surface area contributed by atoms with Crippen LogP contribution < -0.4 is 4.90 Å². The number of rotatable bonds is 4. The Morgan fingerprint density at radius 1 is 1.16 bits per heavy atom. The second kappa shape index (κ2) is 6.02. The number of nitrogens with zero attached hydrogens (tertiary/aromatic N) is 1. The molecule has 0 atom stereocenters. The van der Waals surface area contributed by atoms with Crippen molar-refractivity contribution < 1.29 is 4.79 Å². The van der Waals surface area contributed by atoms with Gasteiger partial charge in [-0.05, 0) is 60.1 Å². The van der Waals surface area contributed by atoms with Crippen LogP contribution >= 0.6 is 15.9 Å². The third-order valence-electron chi connectivity index (χ3n) is 3.03. The summed E-state index contributed by atoms with van der Waals surface area (Å²) in [7, 11) is 0. The second-order valence-corrected chi connectivity index (χ2v) is 5.16. The van der Waals surface area contributed by atoms with Crippen LogP contribution in [0.2, 0.25) is 0 Å². The lowest BCUT2D eigenvalue weighted by Crippen LogP contribution is -2.16. The molecule has 0 saturated heterocycles. The summed E-state index contributed by atoms with van der Waals surface area (Å²) in [4.78, 5) is 13.6. The maximum atomic E-state index is 11.4. The Labute approximate surface area is 122 Å². The summed E-state index contributed by atoms with van der Waals surface area (Å²) in [5.74, 6) is 0.0787. The molecule has 0 unspecified atom stereocenters. The van der Waals surface area contributed by atoms with Crippen molar-refractivity contribution in [1.29, 1.82) is 0 Å². The van der Waals surface area contributed by atoms with Gasteiger partial charge in [0, 0.05) is 22.3 Å². The minimum Gasteiger partial charge on any atom is -0.341 e. The molecule has 0 saturated carbocycles. The zero-order valence-electron chi connectivity index (χ0n) is 11.1. The van der Waals surface area contributed by atoms with Gasteiger partial charge in [-0.15, -0.1) is 0 Å². The normalized spacial score (nSPS) is 10.3. The van der Waals surface area contributed by atoms with Gasteiger partial charge in [0.15, 0.2) is 5.78 Å². The first-order chi connectivity index (χ1) is 9.13.